The second-order valence-electron chi connectivity index (χ2n) is 4.60. The van der Waals surface area contributed by atoms with Gasteiger partial charge in [-0.3, -0.25) is 10.1 Å². The van der Waals surface area contributed by atoms with E-state index in [1.165, 1.54) is 12.1 Å². The Bertz CT molecular complexity index is 832. The van der Waals surface area contributed by atoms with Gasteiger partial charge in [-0.15, -0.1) is 10.2 Å². The Hall–Kier alpha value is -2.05. The Morgan fingerprint density at radius 1 is 1.21 bits per heavy atom. The number of amides is 1. The summed E-state index contributed by atoms with van der Waals surface area (Å²) in [5, 5.41) is 6.53. The van der Waals surface area contributed by atoms with Gasteiger partial charge in [0.15, 0.2) is 0 Å². The molecule has 0 aliphatic rings. The first-order valence-electron chi connectivity index (χ1n) is 6.35. The molecule has 0 unspecified atom stereocenters. The zero-order valence-corrected chi connectivity index (χ0v) is 13.7. The lowest BCUT2D eigenvalue weighted by Crippen LogP contribution is -2.32. The predicted molar refractivity (Wildman–Crippen MR) is 79.9 cm³/mol. The largest absolute Gasteiger partial charge is 0.445 e. The highest BCUT2D eigenvalue weighted by atomic mass is 32.2. The van der Waals surface area contributed by atoms with Gasteiger partial charge in [0, 0.05) is 0 Å². The third-order valence-corrected chi connectivity index (χ3v) is 4.97. The van der Waals surface area contributed by atoms with Gasteiger partial charge in [-0.05, 0) is 19.1 Å². The molecule has 2 N–H and O–H groups in total. The number of hydrogen-bond acceptors (Lipinski definition) is 6. The summed E-state index contributed by atoms with van der Waals surface area (Å²) in [5.74, 6) is -0.865. The minimum atomic E-state index is -4.66. The van der Waals surface area contributed by atoms with Crippen LogP contribution in [0, 0.1) is 6.92 Å². The van der Waals surface area contributed by atoms with Gasteiger partial charge in [0.1, 0.15) is 0 Å². The zero-order valence-electron chi connectivity index (χ0n) is 12.1. The Balaban J connectivity index is 1.95. The average molecular weight is 380 g/mol. The number of carbonyl (C=O) groups is 1. The summed E-state index contributed by atoms with van der Waals surface area (Å²) >= 11 is 0.143. The fourth-order valence-corrected chi connectivity index (χ4v) is 3.12. The molecule has 130 valence electrons. The summed E-state index contributed by atoms with van der Waals surface area (Å²) in [7, 11) is -3.91. The molecule has 2 rings (SSSR count). The van der Waals surface area contributed by atoms with Crippen LogP contribution in [-0.4, -0.2) is 31.1 Å². The first-order chi connectivity index (χ1) is 11.1. The van der Waals surface area contributed by atoms with Crippen LogP contribution in [0.5, 0.6) is 0 Å². The van der Waals surface area contributed by atoms with Gasteiger partial charge in [-0.1, -0.05) is 29.0 Å². The molecule has 1 aromatic carbocycles. The van der Waals surface area contributed by atoms with Crippen LogP contribution in [0.2, 0.25) is 0 Å². The molecule has 2 aromatic rings. The van der Waals surface area contributed by atoms with Crippen molar-refractivity contribution in [3.63, 3.8) is 0 Å². The molecule has 1 aromatic heterocycles. The maximum atomic E-state index is 12.4. The number of carbonyl (C=O) groups excluding carboxylic acids is 1. The first-order valence-corrected chi connectivity index (χ1v) is 8.65. The molecule has 0 saturated carbocycles. The molecule has 0 bridgehead atoms. The summed E-state index contributed by atoms with van der Waals surface area (Å²) in [5.41, 5.74) is 0.864. The fraction of sp³-hybridized carbons (Fsp3) is 0.250. The Morgan fingerprint density at radius 3 is 2.38 bits per heavy atom. The number of halogens is 3. The number of alkyl halides is 3. The monoisotopic (exact) mass is 380 g/mol. The van der Waals surface area contributed by atoms with Crippen molar-refractivity contribution in [3.05, 3.63) is 34.8 Å². The molecule has 0 aliphatic heterocycles. The molecule has 12 heteroatoms. The molecule has 0 fully saturated rings. The summed E-state index contributed by atoms with van der Waals surface area (Å²) in [6.07, 6.45) is -4.66. The Morgan fingerprint density at radius 2 is 1.83 bits per heavy atom. The van der Waals surface area contributed by atoms with E-state index >= 15 is 0 Å². The SMILES string of the molecule is Cc1ccc(S(=O)(=O)NCC(=O)Nc2nnc(C(F)(F)F)s2)cc1. The second kappa shape index (κ2) is 6.83. The van der Waals surface area contributed by atoms with Crippen LogP contribution in [0.25, 0.3) is 0 Å². The molecule has 0 spiro atoms. The number of aromatic nitrogens is 2. The smallest absolute Gasteiger partial charge is 0.299 e. The highest BCUT2D eigenvalue weighted by Crippen LogP contribution is 2.32. The van der Waals surface area contributed by atoms with E-state index in [2.05, 4.69) is 10.2 Å². The van der Waals surface area contributed by atoms with Gasteiger partial charge in [-0.2, -0.15) is 13.2 Å². The third kappa shape index (κ3) is 4.72. The minimum Gasteiger partial charge on any atom is -0.299 e. The van der Waals surface area contributed by atoms with E-state index < -0.39 is 33.7 Å². The number of rotatable bonds is 5. The lowest BCUT2D eigenvalue weighted by molar-refractivity contribution is -0.138. The van der Waals surface area contributed by atoms with Crippen LogP contribution in [0.15, 0.2) is 29.2 Å². The standard InChI is InChI=1S/C12H11F3N4O3S2/c1-7-2-4-8(5-3-7)24(21,22)16-6-9(20)17-11-19-18-10(23-11)12(13,14)15/h2-5,16H,6H2,1H3,(H,17,19,20). The summed E-state index contributed by atoms with van der Waals surface area (Å²) in [4.78, 5) is 11.6. The van der Waals surface area contributed by atoms with Crippen LogP contribution >= 0.6 is 11.3 Å². The van der Waals surface area contributed by atoms with Gasteiger partial charge >= 0.3 is 6.18 Å². The molecule has 0 aliphatic carbocycles. The Kier molecular flexibility index (Phi) is 5.20. The van der Waals surface area contributed by atoms with Crippen molar-refractivity contribution >= 4 is 32.4 Å². The molecule has 7 nitrogen and oxygen atoms in total. The van der Waals surface area contributed by atoms with Crippen molar-refractivity contribution in [1.29, 1.82) is 0 Å². The molecule has 0 radical (unpaired) electrons. The van der Waals surface area contributed by atoms with Crippen LogP contribution in [-0.2, 0) is 21.0 Å². The fourth-order valence-electron chi connectivity index (χ4n) is 1.51. The maximum Gasteiger partial charge on any atom is 0.445 e. The maximum absolute atomic E-state index is 12.4. The Labute approximate surface area is 139 Å². The average Bonchev–Trinajstić information content (AvgIpc) is 2.94. The highest BCUT2D eigenvalue weighted by Gasteiger charge is 2.35. The van der Waals surface area contributed by atoms with E-state index in [0.717, 1.165) is 5.56 Å². The topological polar surface area (TPSA) is 101 Å². The lowest BCUT2D eigenvalue weighted by Gasteiger charge is -2.06. The van der Waals surface area contributed by atoms with Gasteiger partial charge in [0.25, 0.3) is 0 Å². The van der Waals surface area contributed by atoms with E-state index in [1.54, 1.807) is 19.1 Å². The predicted octanol–water partition coefficient (Wildman–Crippen LogP) is 1.78. The van der Waals surface area contributed by atoms with Gasteiger partial charge in [0.2, 0.25) is 26.1 Å². The van der Waals surface area contributed by atoms with E-state index in [4.69, 9.17) is 0 Å². The van der Waals surface area contributed by atoms with Crippen molar-refractivity contribution in [2.45, 2.75) is 18.0 Å². The van der Waals surface area contributed by atoms with Crippen molar-refractivity contribution in [1.82, 2.24) is 14.9 Å². The number of nitrogens with zero attached hydrogens (tertiary/aromatic N) is 2. The van der Waals surface area contributed by atoms with Gasteiger partial charge in [-0.25, -0.2) is 13.1 Å². The first kappa shape index (κ1) is 18.3. The summed E-state index contributed by atoms with van der Waals surface area (Å²) in [6.45, 7) is 1.13. The van der Waals surface area contributed by atoms with Crippen molar-refractivity contribution in [2.75, 3.05) is 11.9 Å². The normalized spacial score (nSPS) is 12.2. The number of anilines is 1. The van der Waals surface area contributed by atoms with E-state index in [-0.39, 0.29) is 21.4 Å². The molecule has 24 heavy (non-hydrogen) atoms. The van der Waals surface area contributed by atoms with Gasteiger partial charge in [0.05, 0.1) is 11.4 Å². The zero-order chi connectivity index (χ0) is 18.0. The lowest BCUT2D eigenvalue weighted by atomic mass is 10.2. The number of sulfonamides is 1. The van der Waals surface area contributed by atoms with Crippen LogP contribution < -0.4 is 10.0 Å². The van der Waals surface area contributed by atoms with Crippen molar-refractivity contribution < 1.29 is 26.4 Å². The quantitative estimate of drug-likeness (QED) is 0.824. The molecule has 0 saturated heterocycles. The highest BCUT2D eigenvalue weighted by molar-refractivity contribution is 7.89. The molecule has 0 atom stereocenters. The van der Waals surface area contributed by atoms with E-state index in [9.17, 15) is 26.4 Å². The van der Waals surface area contributed by atoms with Crippen LogP contribution in [0.1, 0.15) is 10.6 Å². The summed E-state index contributed by atoms with van der Waals surface area (Å²) < 4.78 is 63.1. The van der Waals surface area contributed by atoms with Crippen molar-refractivity contribution in [3.8, 4) is 0 Å². The molecular formula is C12H11F3N4O3S2. The van der Waals surface area contributed by atoms with Crippen LogP contribution in [0.3, 0.4) is 0 Å². The second-order valence-corrected chi connectivity index (χ2v) is 7.34. The van der Waals surface area contributed by atoms with Crippen molar-refractivity contribution in [2.24, 2.45) is 0 Å². The van der Waals surface area contributed by atoms with Gasteiger partial charge < -0.3 is 0 Å². The van der Waals surface area contributed by atoms with Crippen LogP contribution in [0.4, 0.5) is 18.3 Å². The molecular weight excluding hydrogens is 369 g/mol. The third-order valence-electron chi connectivity index (χ3n) is 2.67. The molecule has 1 amide bonds. The summed E-state index contributed by atoms with van der Waals surface area (Å²) in [6, 6.07) is 5.93. The van der Waals surface area contributed by atoms with E-state index in [1.807, 2.05) is 10.0 Å². The minimum absolute atomic E-state index is 0.0313. The number of aryl methyl sites for hydroxylation is 1. The van der Waals surface area contributed by atoms with E-state index in [0.29, 0.717) is 0 Å². The number of benzene rings is 1. The number of nitrogens with one attached hydrogen (secondary N) is 2. The number of hydrogen-bond donors (Lipinski definition) is 2. The molecule has 1 heterocycles.